The highest BCUT2D eigenvalue weighted by Gasteiger charge is 2.53. The van der Waals surface area contributed by atoms with Crippen LogP contribution in [-0.2, 0) is 0 Å². The second-order valence-electron chi connectivity index (χ2n) is 10.9. The Bertz CT molecular complexity index is 1330. The zero-order valence-electron chi connectivity index (χ0n) is 19.0. The van der Waals surface area contributed by atoms with Crippen molar-refractivity contribution in [3.05, 3.63) is 60.3 Å². The van der Waals surface area contributed by atoms with Crippen molar-refractivity contribution < 1.29 is 4.79 Å². The summed E-state index contributed by atoms with van der Waals surface area (Å²) in [5.74, 6) is 2.76. The summed E-state index contributed by atoms with van der Waals surface area (Å²) in [6.45, 7) is 2.26. The van der Waals surface area contributed by atoms with E-state index in [1.807, 2.05) is 30.3 Å². The molecule has 0 radical (unpaired) electrons. The topological polar surface area (TPSA) is 46.4 Å². The molecule has 2 aromatic heterocycles. The van der Waals surface area contributed by atoms with Crippen LogP contribution in [0.25, 0.3) is 26.4 Å². The van der Waals surface area contributed by atoms with E-state index >= 15 is 0 Å². The van der Waals surface area contributed by atoms with Crippen molar-refractivity contribution in [3.8, 4) is 11.3 Å². The Balaban J connectivity index is 1.14. The number of amides is 1. The zero-order valence-corrected chi connectivity index (χ0v) is 19.8. The second kappa shape index (κ2) is 7.17. The molecule has 0 saturated heterocycles. The fraction of sp³-hybridized carbons (Fsp3) is 0.429. The van der Waals surface area contributed by atoms with E-state index in [4.69, 9.17) is 4.98 Å². The van der Waals surface area contributed by atoms with Crippen LogP contribution in [0.15, 0.2) is 54.7 Å². The molecule has 2 aromatic carbocycles. The van der Waals surface area contributed by atoms with Crippen molar-refractivity contribution in [2.24, 2.45) is 23.2 Å². The lowest BCUT2D eigenvalue weighted by Gasteiger charge is -2.59. The van der Waals surface area contributed by atoms with Crippen LogP contribution in [0, 0.1) is 23.2 Å². The van der Waals surface area contributed by atoms with Crippen LogP contribution in [0.2, 0.25) is 0 Å². The van der Waals surface area contributed by atoms with Crippen LogP contribution in [0.1, 0.15) is 55.8 Å². The Kier molecular flexibility index (Phi) is 4.30. The lowest BCUT2D eigenvalue weighted by molar-refractivity contribution is -0.0688. The van der Waals surface area contributed by atoms with Crippen LogP contribution in [0.4, 0.5) is 0 Å². The van der Waals surface area contributed by atoms with E-state index in [9.17, 15) is 4.79 Å². The van der Waals surface area contributed by atoms with Gasteiger partial charge in [0.05, 0.1) is 15.9 Å². The summed E-state index contributed by atoms with van der Waals surface area (Å²) in [6.07, 6.45) is 10.3. The minimum Gasteiger partial charge on any atom is -0.349 e. The molecule has 0 spiro atoms. The van der Waals surface area contributed by atoms with E-state index in [0.29, 0.717) is 5.41 Å². The van der Waals surface area contributed by atoms with Crippen molar-refractivity contribution >= 4 is 32.4 Å². The summed E-state index contributed by atoms with van der Waals surface area (Å²) in [7, 11) is 0. The van der Waals surface area contributed by atoms with Crippen LogP contribution in [0.3, 0.4) is 0 Å². The lowest BCUT2D eigenvalue weighted by Crippen LogP contribution is -2.55. The maximum absolute atomic E-state index is 13.3. The van der Waals surface area contributed by atoms with E-state index in [2.05, 4.69) is 41.0 Å². The molecular formula is C28H29N3OS. The first-order chi connectivity index (χ1) is 16.1. The number of aromatic nitrogens is 2. The third kappa shape index (κ3) is 3.16. The number of hydrogen-bond donors (Lipinski definition) is 1. The standard InChI is InChI=1S/C28H29N3OS/c1-17(28-13-18-9-19(14-28)11-20(10-18)15-28)29-26(32)22-7-8-24-25(12-22)33-27-30-23(16-31(24)27)21-5-3-2-4-6-21/h2-8,12,16-20H,9-11,13-15H2,1H3,(H,29,32)/t17-,18?,19?,20?,28?/m0/s1. The molecule has 2 heterocycles. The molecule has 4 nitrogen and oxygen atoms in total. The molecule has 8 rings (SSSR count). The summed E-state index contributed by atoms with van der Waals surface area (Å²) in [5.41, 5.74) is 4.29. The van der Waals surface area contributed by atoms with Gasteiger partial charge in [-0.2, -0.15) is 0 Å². The molecule has 1 atom stereocenters. The third-order valence-electron chi connectivity index (χ3n) is 8.78. The Labute approximate surface area is 198 Å². The average molecular weight is 456 g/mol. The average Bonchev–Trinajstić information content (AvgIpc) is 3.36. The van der Waals surface area contributed by atoms with Gasteiger partial charge in [-0.3, -0.25) is 9.20 Å². The van der Waals surface area contributed by atoms with Gasteiger partial charge in [0.2, 0.25) is 0 Å². The van der Waals surface area contributed by atoms with Gasteiger partial charge in [0.1, 0.15) is 0 Å². The van der Waals surface area contributed by atoms with Crippen LogP contribution in [-0.4, -0.2) is 21.3 Å². The monoisotopic (exact) mass is 455 g/mol. The highest BCUT2D eigenvalue weighted by Crippen LogP contribution is 2.61. The number of carbonyl (C=O) groups is 1. The predicted molar refractivity (Wildman–Crippen MR) is 134 cm³/mol. The number of carbonyl (C=O) groups excluding carboxylic acids is 1. The second-order valence-corrected chi connectivity index (χ2v) is 11.9. The number of benzene rings is 2. The molecule has 0 aliphatic heterocycles. The van der Waals surface area contributed by atoms with E-state index in [0.717, 1.165) is 49.8 Å². The molecule has 1 N–H and O–H groups in total. The maximum atomic E-state index is 13.3. The van der Waals surface area contributed by atoms with E-state index in [-0.39, 0.29) is 11.9 Å². The first-order valence-corrected chi connectivity index (χ1v) is 13.2. The summed E-state index contributed by atoms with van der Waals surface area (Å²) >= 11 is 1.65. The van der Waals surface area contributed by atoms with E-state index < -0.39 is 0 Å². The molecule has 4 aromatic rings. The highest BCUT2D eigenvalue weighted by atomic mass is 32.1. The number of fused-ring (bicyclic) bond motifs is 3. The van der Waals surface area contributed by atoms with Crippen LogP contribution in [0.5, 0.6) is 0 Å². The van der Waals surface area contributed by atoms with Gasteiger partial charge < -0.3 is 5.32 Å². The molecule has 168 valence electrons. The fourth-order valence-electron chi connectivity index (χ4n) is 7.53. The fourth-order valence-corrected chi connectivity index (χ4v) is 8.58. The molecule has 5 heteroatoms. The smallest absolute Gasteiger partial charge is 0.251 e. The Hall–Kier alpha value is -2.66. The number of thiazole rings is 1. The largest absolute Gasteiger partial charge is 0.349 e. The van der Waals surface area contributed by atoms with Crippen molar-refractivity contribution in [2.75, 3.05) is 0 Å². The van der Waals surface area contributed by atoms with Gasteiger partial charge in [0, 0.05) is 23.4 Å². The Morgan fingerprint density at radius 3 is 2.45 bits per heavy atom. The molecule has 4 saturated carbocycles. The van der Waals surface area contributed by atoms with Crippen molar-refractivity contribution in [3.63, 3.8) is 0 Å². The van der Waals surface area contributed by atoms with E-state index in [1.165, 1.54) is 38.5 Å². The number of imidazole rings is 1. The Morgan fingerprint density at radius 2 is 1.76 bits per heavy atom. The van der Waals surface area contributed by atoms with Gasteiger partial charge in [0.25, 0.3) is 5.91 Å². The molecule has 4 aliphatic rings. The maximum Gasteiger partial charge on any atom is 0.251 e. The molecule has 0 unspecified atom stereocenters. The quantitative estimate of drug-likeness (QED) is 0.379. The summed E-state index contributed by atoms with van der Waals surface area (Å²) < 4.78 is 3.24. The number of nitrogens with one attached hydrogen (secondary N) is 1. The summed E-state index contributed by atoms with van der Waals surface area (Å²) in [4.78, 5) is 19.0. The van der Waals surface area contributed by atoms with Crippen LogP contribution >= 0.6 is 11.3 Å². The first kappa shape index (κ1) is 19.8. The number of hydrogen-bond acceptors (Lipinski definition) is 3. The van der Waals surface area contributed by atoms with Crippen molar-refractivity contribution in [1.82, 2.24) is 14.7 Å². The van der Waals surface area contributed by atoms with Crippen molar-refractivity contribution in [2.45, 2.75) is 51.5 Å². The number of nitrogens with zero attached hydrogens (tertiary/aromatic N) is 2. The van der Waals surface area contributed by atoms with E-state index in [1.54, 1.807) is 11.3 Å². The molecule has 1 amide bonds. The van der Waals surface area contributed by atoms with Gasteiger partial charge >= 0.3 is 0 Å². The first-order valence-electron chi connectivity index (χ1n) is 12.3. The SMILES string of the molecule is C[C@H](NC(=O)c1ccc2c(c1)sc1nc(-c3ccccc3)cn12)C12CC3CC(CC(C3)C1)C2. The van der Waals surface area contributed by atoms with Gasteiger partial charge in [-0.15, -0.1) is 0 Å². The lowest BCUT2D eigenvalue weighted by atomic mass is 9.48. The van der Waals surface area contributed by atoms with Crippen molar-refractivity contribution in [1.29, 1.82) is 0 Å². The minimum absolute atomic E-state index is 0.0659. The minimum atomic E-state index is 0.0659. The van der Waals surface area contributed by atoms with Gasteiger partial charge in [-0.25, -0.2) is 4.98 Å². The zero-order chi connectivity index (χ0) is 22.2. The molecule has 4 fully saturated rings. The van der Waals surface area contributed by atoms with Gasteiger partial charge in [-0.05, 0) is 86.8 Å². The summed E-state index contributed by atoms with van der Waals surface area (Å²) in [5, 5.41) is 3.42. The number of rotatable bonds is 4. The predicted octanol–water partition coefficient (Wildman–Crippen LogP) is 6.55. The van der Waals surface area contributed by atoms with Crippen LogP contribution < -0.4 is 5.32 Å². The van der Waals surface area contributed by atoms with Gasteiger partial charge in [0.15, 0.2) is 4.96 Å². The highest BCUT2D eigenvalue weighted by molar-refractivity contribution is 7.23. The molecule has 4 aliphatic carbocycles. The molecular weight excluding hydrogens is 426 g/mol. The third-order valence-corrected chi connectivity index (χ3v) is 9.80. The Morgan fingerprint density at radius 1 is 1.06 bits per heavy atom. The normalized spacial score (nSPS) is 29.1. The summed E-state index contributed by atoms with van der Waals surface area (Å²) in [6, 6.07) is 16.6. The van der Waals surface area contributed by atoms with Gasteiger partial charge in [-0.1, -0.05) is 41.7 Å². The molecule has 4 bridgehead atoms. The molecule has 33 heavy (non-hydrogen) atoms.